The van der Waals surface area contributed by atoms with E-state index in [4.69, 9.17) is 0 Å². The molecule has 1 saturated heterocycles. The maximum absolute atomic E-state index is 13.5. The third-order valence-corrected chi connectivity index (χ3v) is 3.09. The maximum atomic E-state index is 13.5. The van der Waals surface area contributed by atoms with Crippen molar-refractivity contribution in [3.8, 4) is 0 Å². The summed E-state index contributed by atoms with van der Waals surface area (Å²) in [6, 6.07) is 2.36. The highest BCUT2D eigenvalue weighted by molar-refractivity contribution is 5.99. The number of rotatable bonds is 2. The van der Waals surface area contributed by atoms with E-state index >= 15 is 0 Å². The van der Waals surface area contributed by atoms with E-state index in [9.17, 15) is 18.4 Å². The van der Waals surface area contributed by atoms with Crippen LogP contribution in [0.25, 0.3) is 0 Å². The van der Waals surface area contributed by atoms with E-state index in [0.29, 0.717) is 0 Å². The number of carbonyl (C=O) groups excluding carboxylic acids is 2. The van der Waals surface area contributed by atoms with Crippen molar-refractivity contribution in [3.05, 3.63) is 35.4 Å². The van der Waals surface area contributed by atoms with E-state index in [1.54, 1.807) is 13.8 Å². The monoisotopic (exact) mass is 268 g/mol. The Balaban J connectivity index is 2.28. The summed E-state index contributed by atoms with van der Waals surface area (Å²) < 4.78 is 26.6. The predicted molar refractivity (Wildman–Crippen MR) is 64.1 cm³/mol. The molecule has 0 unspecified atom stereocenters. The second kappa shape index (κ2) is 4.60. The Hall–Kier alpha value is -1.98. The number of benzene rings is 1. The van der Waals surface area contributed by atoms with Gasteiger partial charge in [0, 0.05) is 12.1 Å². The molecule has 0 aromatic heterocycles. The third kappa shape index (κ3) is 2.57. The topological polar surface area (TPSA) is 49.4 Å². The average molecular weight is 268 g/mol. The van der Waals surface area contributed by atoms with Gasteiger partial charge in [-0.05, 0) is 32.0 Å². The summed E-state index contributed by atoms with van der Waals surface area (Å²) in [7, 11) is 0. The van der Waals surface area contributed by atoms with Crippen LogP contribution in [0.3, 0.4) is 0 Å². The highest BCUT2D eigenvalue weighted by Gasteiger charge is 2.40. The van der Waals surface area contributed by atoms with Crippen molar-refractivity contribution in [1.82, 2.24) is 10.2 Å². The van der Waals surface area contributed by atoms with Crippen LogP contribution in [0.4, 0.5) is 13.6 Å². The van der Waals surface area contributed by atoms with E-state index < -0.39 is 29.0 Å². The van der Waals surface area contributed by atoms with Gasteiger partial charge in [0.15, 0.2) is 0 Å². The number of hydrogen-bond donors (Lipinski definition) is 1. The van der Waals surface area contributed by atoms with Gasteiger partial charge >= 0.3 is 6.03 Å². The standard InChI is InChI=1S/C13H14F2N2O2/c1-13(2)7-16-12(19)17(11(13)18)6-8-5-9(14)3-4-10(8)15/h3-5H,6-7H2,1-2H3,(H,16,19). The molecule has 3 amide bonds. The van der Waals surface area contributed by atoms with Crippen LogP contribution in [0.15, 0.2) is 18.2 Å². The molecule has 0 aliphatic carbocycles. The largest absolute Gasteiger partial charge is 0.337 e. The zero-order valence-corrected chi connectivity index (χ0v) is 10.7. The number of halogens is 2. The molecule has 0 saturated carbocycles. The van der Waals surface area contributed by atoms with Crippen LogP contribution in [0.2, 0.25) is 0 Å². The molecule has 1 aromatic carbocycles. The molecule has 0 radical (unpaired) electrons. The van der Waals surface area contributed by atoms with Crippen LogP contribution in [0.5, 0.6) is 0 Å². The van der Waals surface area contributed by atoms with Crippen molar-refractivity contribution < 1.29 is 18.4 Å². The van der Waals surface area contributed by atoms with Gasteiger partial charge in [0.25, 0.3) is 0 Å². The molecule has 1 N–H and O–H groups in total. The molecule has 6 heteroatoms. The SMILES string of the molecule is CC1(C)CNC(=O)N(Cc2cc(F)ccc2F)C1=O. The first-order valence-electron chi connectivity index (χ1n) is 5.85. The van der Waals surface area contributed by atoms with Gasteiger partial charge in [0.05, 0.1) is 12.0 Å². The van der Waals surface area contributed by atoms with Gasteiger partial charge in [-0.25, -0.2) is 13.6 Å². The van der Waals surface area contributed by atoms with Gasteiger partial charge in [-0.3, -0.25) is 9.69 Å². The quantitative estimate of drug-likeness (QED) is 0.892. The summed E-state index contributed by atoms with van der Waals surface area (Å²) in [5.74, 6) is -1.66. The van der Waals surface area contributed by atoms with Crippen LogP contribution < -0.4 is 5.32 Å². The fraction of sp³-hybridized carbons (Fsp3) is 0.385. The summed E-state index contributed by atoms with van der Waals surface area (Å²) in [6.45, 7) is 3.32. The summed E-state index contributed by atoms with van der Waals surface area (Å²) in [6.07, 6.45) is 0. The molecule has 1 aliphatic heterocycles. The molecule has 1 aromatic rings. The van der Waals surface area contributed by atoms with Gasteiger partial charge < -0.3 is 5.32 Å². The Bertz CT molecular complexity index is 543. The van der Waals surface area contributed by atoms with Crippen LogP contribution >= 0.6 is 0 Å². The smallest absolute Gasteiger partial charge is 0.324 e. The van der Waals surface area contributed by atoms with E-state index in [0.717, 1.165) is 23.1 Å². The minimum Gasteiger partial charge on any atom is -0.337 e. The van der Waals surface area contributed by atoms with Crippen LogP contribution in [-0.2, 0) is 11.3 Å². The van der Waals surface area contributed by atoms with Crippen molar-refractivity contribution in [2.24, 2.45) is 5.41 Å². The van der Waals surface area contributed by atoms with Crippen molar-refractivity contribution >= 4 is 11.9 Å². The highest BCUT2D eigenvalue weighted by atomic mass is 19.1. The lowest BCUT2D eigenvalue weighted by atomic mass is 9.90. The van der Waals surface area contributed by atoms with Crippen molar-refractivity contribution in [3.63, 3.8) is 0 Å². The van der Waals surface area contributed by atoms with E-state index in [1.165, 1.54) is 0 Å². The second-order valence-corrected chi connectivity index (χ2v) is 5.17. The number of nitrogens with one attached hydrogen (secondary N) is 1. The molecular weight excluding hydrogens is 254 g/mol. The van der Waals surface area contributed by atoms with Crippen LogP contribution in [0.1, 0.15) is 19.4 Å². The van der Waals surface area contributed by atoms with E-state index in [2.05, 4.69) is 5.32 Å². The molecule has 0 spiro atoms. The van der Waals surface area contributed by atoms with E-state index in [1.807, 2.05) is 0 Å². The highest BCUT2D eigenvalue weighted by Crippen LogP contribution is 2.24. The first-order valence-corrected chi connectivity index (χ1v) is 5.85. The number of nitrogens with zero attached hydrogens (tertiary/aromatic N) is 1. The lowest BCUT2D eigenvalue weighted by Crippen LogP contribution is -2.58. The Morgan fingerprint density at radius 2 is 2.00 bits per heavy atom. The molecule has 0 bridgehead atoms. The number of urea groups is 1. The molecule has 0 atom stereocenters. The lowest BCUT2D eigenvalue weighted by molar-refractivity contribution is -0.139. The van der Waals surface area contributed by atoms with Crippen molar-refractivity contribution in [1.29, 1.82) is 0 Å². The minimum atomic E-state index is -0.752. The Kier molecular flexibility index (Phi) is 3.26. The Morgan fingerprint density at radius 3 is 2.68 bits per heavy atom. The van der Waals surface area contributed by atoms with Gasteiger partial charge in [0.2, 0.25) is 5.91 Å². The fourth-order valence-corrected chi connectivity index (χ4v) is 1.90. The van der Waals surface area contributed by atoms with Gasteiger partial charge in [0.1, 0.15) is 11.6 Å². The summed E-state index contributed by atoms with van der Waals surface area (Å²) in [4.78, 5) is 24.7. The molecule has 2 rings (SSSR count). The molecule has 1 aliphatic rings. The molecule has 1 heterocycles. The van der Waals surface area contributed by atoms with Crippen LogP contribution in [-0.4, -0.2) is 23.4 Å². The maximum Gasteiger partial charge on any atom is 0.324 e. The van der Waals surface area contributed by atoms with Crippen molar-refractivity contribution in [2.45, 2.75) is 20.4 Å². The van der Waals surface area contributed by atoms with Crippen molar-refractivity contribution in [2.75, 3.05) is 6.54 Å². The van der Waals surface area contributed by atoms with Gasteiger partial charge in [-0.15, -0.1) is 0 Å². The second-order valence-electron chi connectivity index (χ2n) is 5.17. The Labute approximate surface area is 109 Å². The van der Waals surface area contributed by atoms with E-state index in [-0.39, 0.29) is 18.7 Å². The van der Waals surface area contributed by atoms with Gasteiger partial charge in [-0.2, -0.15) is 0 Å². The molecular formula is C13H14F2N2O2. The van der Waals surface area contributed by atoms with Gasteiger partial charge in [-0.1, -0.05) is 0 Å². The average Bonchev–Trinajstić information content (AvgIpc) is 2.34. The molecule has 102 valence electrons. The normalized spacial score (nSPS) is 18.4. The summed E-state index contributed by atoms with van der Waals surface area (Å²) in [5.41, 5.74) is -0.779. The number of carbonyl (C=O) groups is 2. The summed E-state index contributed by atoms with van der Waals surface area (Å²) in [5, 5.41) is 2.56. The Morgan fingerprint density at radius 1 is 1.32 bits per heavy atom. The number of imide groups is 1. The number of hydrogen-bond acceptors (Lipinski definition) is 2. The predicted octanol–water partition coefficient (Wildman–Crippen LogP) is 2.04. The molecule has 1 fully saturated rings. The summed E-state index contributed by atoms with van der Waals surface area (Å²) >= 11 is 0. The minimum absolute atomic E-state index is 0.0267. The number of amides is 3. The zero-order chi connectivity index (χ0) is 14.2. The fourth-order valence-electron chi connectivity index (χ4n) is 1.90. The molecule has 19 heavy (non-hydrogen) atoms. The lowest BCUT2D eigenvalue weighted by Gasteiger charge is -2.36. The first-order chi connectivity index (χ1) is 8.81. The first kappa shape index (κ1) is 13.5. The molecule has 4 nitrogen and oxygen atoms in total. The third-order valence-electron chi connectivity index (χ3n) is 3.09. The zero-order valence-electron chi connectivity index (χ0n) is 10.7. The van der Waals surface area contributed by atoms with Crippen LogP contribution in [0, 0.1) is 17.0 Å².